The summed E-state index contributed by atoms with van der Waals surface area (Å²) in [4.78, 5) is 11.8. The van der Waals surface area contributed by atoms with Crippen LogP contribution >= 0.6 is 0 Å². The monoisotopic (exact) mass is 345 g/mol. The van der Waals surface area contributed by atoms with Crippen LogP contribution in [0.2, 0.25) is 0 Å². The Bertz CT molecular complexity index is 745. The van der Waals surface area contributed by atoms with Gasteiger partial charge in [0, 0.05) is 24.9 Å². The maximum absolute atomic E-state index is 11.8. The maximum atomic E-state index is 11.8. The van der Waals surface area contributed by atoms with Crippen LogP contribution in [-0.4, -0.2) is 29.0 Å². The van der Waals surface area contributed by atoms with Crippen LogP contribution in [0.3, 0.4) is 0 Å². The van der Waals surface area contributed by atoms with Crippen molar-refractivity contribution in [2.24, 2.45) is 0 Å². The summed E-state index contributed by atoms with van der Waals surface area (Å²) in [6.07, 6.45) is 1.09. The first kappa shape index (κ1) is 17.1. The van der Waals surface area contributed by atoms with Crippen LogP contribution in [0, 0.1) is 0 Å². The smallest absolute Gasteiger partial charge is 0.407 e. The number of para-hydroxylation sites is 1. The number of rotatable bonds is 4. The van der Waals surface area contributed by atoms with Crippen molar-refractivity contribution in [3.63, 3.8) is 0 Å². The van der Waals surface area contributed by atoms with Crippen molar-refractivity contribution >= 4 is 11.9 Å². The van der Waals surface area contributed by atoms with Crippen molar-refractivity contribution in [2.75, 3.05) is 5.73 Å². The number of benzene rings is 1. The molecule has 1 aromatic carbocycles. The van der Waals surface area contributed by atoms with Crippen LogP contribution in [0.25, 0.3) is 11.3 Å². The highest BCUT2D eigenvalue weighted by Crippen LogP contribution is 2.34. The molecule has 25 heavy (non-hydrogen) atoms. The molecule has 134 valence electrons. The second-order valence-electron chi connectivity index (χ2n) is 7.17. The Hall–Kier alpha value is -2.70. The van der Waals surface area contributed by atoms with Gasteiger partial charge in [0.1, 0.15) is 17.5 Å². The molecule has 1 aliphatic rings. The van der Waals surface area contributed by atoms with E-state index in [9.17, 15) is 4.79 Å². The molecule has 1 saturated carbocycles. The molecule has 1 fully saturated rings. The third-order valence-electron chi connectivity index (χ3n) is 3.79. The Morgan fingerprint density at radius 3 is 2.68 bits per heavy atom. The van der Waals surface area contributed by atoms with Gasteiger partial charge in [-0.3, -0.25) is 0 Å². The third-order valence-corrected chi connectivity index (χ3v) is 3.79. The van der Waals surface area contributed by atoms with E-state index < -0.39 is 11.7 Å². The molecule has 0 spiro atoms. The van der Waals surface area contributed by atoms with Crippen molar-refractivity contribution in [3.05, 3.63) is 30.3 Å². The molecule has 7 heteroatoms. The molecule has 0 unspecified atom stereocenters. The summed E-state index contributed by atoms with van der Waals surface area (Å²) in [5, 5.41) is 6.56. The lowest BCUT2D eigenvalue weighted by Gasteiger charge is -2.36. The maximum Gasteiger partial charge on any atom is 0.407 e. The highest BCUT2D eigenvalue weighted by Gasteiger charge is 2.33. The minimum Gasteiger partial charge on any atom is -0.489 e. The number of nitrogens with one attached hydrogen (secondary N) is 1. The summed E-state index contributed by atoms with van der Waals surface area (Å²) in [6.45, 7) is 5.52. The van der Waals surface area contributed by atoms with Gasteiger partial charge in [-0.15, -0.1) is 0 Å². The standard InChI is InChI=1S/C18H23N3O4/c1-18(2,3)24-17(22)20-11-8-12(9-11)23-14-7-5-4-6-13(14)15-10-16(19)21-25-15/h4-7,10-12H,8-9H2,1-3H3,(H2,19,21)(H,20,22). The molecule has 1 heterocycles. The van der Waals surface area contributed by atoms with Gasteiger partial charge in [0.25, 0.3) is 0 Å². The van der Waals surface area contributed by atoms with E-state index in [1.807, 2.05) is 45.0 Å². The van der Waals surface area contributed by atoms with Crippen molar-refractivity contribution < 1.29 is 18.8 Å². The van der Waals surface area contributed by atoms with Crippen LogP contribution < -0.4 is 15.8 Å². The van der Waals surface area contributed by atoms with Gasteiger partial charge in [0.15, 0.2) is 11.6 Å². The Kier molecular flexibility index (Phi) is 4.57. The Labute approximate surface area is 146 Å². The lowest BCUT2D eigenvalue weighted by molar-refractivity contribution is 0.0363. The van der Waals surface area contributed by atoms with E-state index in [-0.39, 0.29) is 12.1 Å². The summed E-state index contributed by atoms with van der Waals surface area (Å²) < 4.78 is 16.5. The zero-order valence-corrected chi connectivity index (χ0v) is 14.6. The fourth-order valence-electron chi connectivity index (χ4n) is 2.62. The molecular formula is C18H23N3O4. The molecular weight excluding hydrogens is 322 g/mol. The van der Waals surface area contributed by atoms with Crippen molar-refractivity contribution in [1.82, 2.24) is 10.5 Å². The van der Waals surface area contributed by atoms with E-state index in [1.54, 1.807) is 6.07 Å². The molecule has 1 aliphatic carbocycles. The summed E-state index contributed by atoms with van der Waals surface area (Å²) in [5.74, 6) is 1.60. The fourth-order valence-corrected chi connectivity index (χ4v) is 2.62. The lowest BCUT2D eigenvalue weighted by Crippen LogP contribution is -2.50. The highest BCUT2D eigenvalue weighted by atomic mass is 16.6. The summed E-state index contributed by atoms with van der Waals surface area (Å²) in [6, 6.07) is 9.29. The summed E-state index contributed by atoms with van der Waals surface area (Å²) in [7, 11) is 0. The van der Waals surface area contributed by atoms with E-state index in [1.165, 1.54) is 0 Å². The average molecular weight is 345 g/mol. The first-order valence-electron chi connectivity index (χ1n) is 8.28. The molecule has 1 aromatic heterocycles. The van der Waals surface area contributed by atoms with Gasteiger partial charge in [-0.2, -0.15) is 0 Å². The predicted molar refractivity (Wildman–Crippen MR) is 93.2 cm³/mol. The highest BCUT2D eigenvalue weighted by molar-refractivity contribution is 5.68. The van der Waals surface area contributed by atoms with Gasteiger partial charge in [-0.05, 0) is 32.9 Å². The largest absolute Gasteiger partial charge is 0.489 e. The van der Waals surface area contributed by atoms with Crippen LogP contribution in [0.1, 0.15) is 33.6 Å². The van der Waals surface area contributed by atoms with Crippen molar-refractivity contribution in [2.45, 2.75) is 51.4 Å². The number of amides is 1. The van der Waals surface area contributed by atoms with Gasteiger partial charge >= 0.3 is 6.09 Å². The normalized spacial score (nSPS) is 19.8. The van der Waals surface area contributed by atoms with E-state index >= 15 is 0 Å². The van der Waals surface area contributed by atoms with Crippen molar-refractivity contribution in [3.8, 4) is 17.1 Å². The number of aromatic nitrogens is 1. The Balaban J connectivity index is 1.55. The van der Waals surface area contributed by atoms with Crippen LogP contribution in [0.4, 0.5) is 10.6 Å². The number of hydrogen-bond acceptors (Lipinski definition) is 6. The lowest BCUT2D eigenvalue weighted by atomic mass is 9.89. The topological polar surface area (TPSA) is 99.6 Å². The third kappa shape index (κ3) is 4.43. The molecule has 0 atom stereocenters. The molecule has 7 nitrogen and oxygen atoms in total. The number of alkyl carbamates (subject to hydrolysis) is 1. The Morgan fingerprint density at radius 2 is 2.04 bits per heavy atom. The number of nitrogens with two attached hydrogens (primary N) is 1. The van der Waals surface area contributed by atoms with Crippen LogP contribution in [0.5, 0.6) is 5.75 Å². The fraction of sp³-hybridized carbons (Fsp3) is 0.444. The first-order valence-corrected chi connectivity index (χ1v) is 8.28. The zero-order valence-electron chi connectivity index (χ0n) is 14.6. The molecule has 1 amide bonds. The zero-order chi connectivity index (χ0) is 18.0. The van der Waals surface area contributed by atoms with Crippen molar-refractivity contribution in [1.29, 1.82) is 0 Å². The van der Waals surface area contributed by atoms with Crippen LogP contribution in [0.15, 0.2) is 34.9 Å². The van der Waals surface area contributed by atoms with Gasteiger partial charge in [-0.25, -0.2) is 4.79 Å². The van der Waals surface area contributed by atoms with Gasteiger partial charge < -0.3 is 25.0 Å². The number of nitrogens with zero attached hydrogens (tertiary/aromatic N) is 1. The van der Waals surface area contributed by atoms with Gasteiger partial charge in [-0.1, -0.05) is 17.3 Å². The van der Waals surface area contributed by atoms with E-state index in [4.69, 9.17) is 19.7 Å². The average Bonchev–Trinajstić information content (AvgIpc) is 2.90. The van der Waals surface area contributed by atoms with Gasteiger partial charge in [0.2, 0.25) is 0 Å². The van der Waals surface area contributed by atoms with Gasteiger partial charge in [0.05, 0.1) is 5.56 Å². The summed E-state index contributed by atoms with van der Waals surface area (Å²) >= 11 is 0. The minimum absolute atomic E-state index is 0.0290. The van der Waals surface area contributed by atoms with E-state index in [2.05, 4.69) is 10.5 Å². The second-order valence-corrected chi connectivity index (χ2v) is 7.17. The second kappa shape index (κ2) is 6.66. The molecule has 0 saturated heterocycles. The summed E-state index contributed by atoms with van der Waals surface area (Å²) in [5.41, 5.74) is 5.92. The molecule has 0 aliphatic heterocycles. The molecule has 3 N–H and O–H groups in total. The Morgan fingerprint density at radius 1 is 1.32 bits per heavy atom. The number of carbonyl (C=O) groups excluding carboxylic acids is 1. The molecule has 0 radical (unpaired) electrons. The quantitative estimate of drug-likeness (QED) is 0.881. The number of ether oxygens (including phenoxy) is 2. The van der Waals surface area contributed by atoms with E-state index in [0.29, 0.717) is 17.3 Å². The first-order chi connectivity index (χ1) is 11.8. The SMILES string of the molecule is CC(C)(C)OC(=O)NC1CC(Oc2ccccc2-c2cc(N)no2)C1. The number of nitrogen functional groups attached to an aromatic ring is 1. The van der Waals surface area contributed by atoms with Crippen LogP contribution in [-0.2, 0) is 4.74 Å². The number of carbonyl (C=O) groups is 1. The number of anilines is 1. The molecule has 3 rings (SSSR count). The number of hydrogen-bond donors (Lipinski definition) is 2. The minimum atomic E-state index is -0.498. The molecule has 0 bridgehead atoms. The predicted octanol–water partition coefficient (Wildman–Crippen LogP) is 3.36. The van der Waals surface area contributed by atoms with E-state index in [0.717, 1.165) is 18.4 Å². The molecule has 2 aromatic rings.